The summed E-state index contributed by atoms with van der Waals surface area (Å²) in [7, 11) is 1.40. The van der Waals surface area contributed by atoms with Gasteiger partial charge in [0.1, 0.15) is 0 Å². The molecule has 0 aromatic carbocycles. The number of methoxy groups -OCH3 is 1. The van der Waals surface area contributed by atoms with E-state index in [1.807, 2.05) is 18.6 Å². The normalized spacial score (nSPS) is 11.3. The van der Waals surface area contributed by atoms with Gasteiger partial charge in [-0.2, -0.15) is 0 Å². The van der Waals surface area contributed by atoms with Crippen LogP contribution in [0.15, 0.2) is 11.0 Å². The summed E-state index contributed by atoms with van der Waals surface area (Å²) < 4.78 is 4.54. The van der Waals surface area contributed by atoms with Crippen molar-refractivity contribution in [3.05, 3.63) is 11.0 Å². The largest absolute Gasteiger partial charge is 0.466 e. The van der Waals surface area contributed by atoms with Gasteiger partial charge in [0.05, 0.1) is 7.11 Å². The Morgan fingerprint density at radius 2 is 2.30 bits per heavy atom. The van der Waals surface area contributed by atoms with Gasteiger partial charge in [-0.1, -0.05) is 6.92 Å². The van der Waals surface area contributed by atoms with Crippen LogP contribution >= 0.6 is 11.8 Å². The first-order valence-electron chi connectivity index (χ1n) is 3.06. The van der Waals surface area contributed by atoms with Gasteiger partial charge in [0, 0.05) is 5.57 Å². The molecule has 0 bridgehead atoms. The molecular formula is C7H12O2S. The molecule has 0 unspecified atom stereocenters. The lowest BCUT2D eigenvalue weighted by molar-refractivity contribution is -0.136. The van der Waals surface area contributed by atoms with Gasteiger partial charge in [-0.05, 0) is 18.1 Å². The lowest BCUT2D eigenvalue weighted by Gasteiger charge is -1.99. The van der Waals surface area contributed by atoms with Gasteiger partial charge in [0.25, 0.3) is 0 Å². The van der Waals surface area contributed by atoms with E-state index in [1.165, 1.54) is 18.9 Å². The van der Waals surface area contributed by atoms with E-state index in [2.05, 4.69) is 4.74 Å². The van der Waals surface area contributed by atoms with E-state index in [1.54, 1.807) is 0 Å². The van der Waals surface area contributed by atoms with Gasteiger partial charge in [-0.15, -0.1) is 11.8 Å². The van der Waals surface area contributed by atoms with Gasteiger partial charge < -0.3 is 4.74 Å². The lowest BCUT2D eigenvalue weighted by atomic mass is 10.2. The fraction of sp³-hybridized carbons (Fsp3) is 0.571. The Morgan fingerprint density at radius 1 is 1.70 bits per heavy atom. The quantitative estimate of drug-likeness (QED) is 0.465. The molecule has 0 radical (unpaired) electrons. The van der Waals surface area contributed by atoms with E-state index >= 15 is 0 Å². The molecule has 0 aromatic heterocycles. The summed E-state index contributed by atoms with van der Waals surface area (Å²) in [5.41, 5.74) is 0.731. The van der Waals surface area contributed by atoms with Crippen molar-refractivity contribution < 1.29 is 9.53 Å². The van der Waals surface area contributed by atoms with Crippen LogP contribution in [0.5, 0.6) is 0 Å². The van der Waals surface area contributed by atoms with Gasteiger partial charge in [-0.3, -0.25) is 0 Å². The fourth-order valence-electron chi connectivity index (χ4n) is 0.549. The number of ether oxygens (including phenoxy) is 1. The topological polar surface area (TPSA) is 26.3 Å². The molecule has 0 rings (SSSR count). The van der Waals surface area contributed by atoms with Crippen LogP contribution in [0.2, 0.25) is 0 Å². The first-order chi connectivity index (χ1) is 4.76. The number of carbonyl (C=O) groups excluding carboxylic acids is 1. The summed E-state index contributed by atoms with van der Waals surface area (Å²) in [5.74, 6) is -0.225. The molecule has 0 heterocycles. The number of thioether (sulfide) groups is 1. The Balaban J connectivity index is 4.06. The maximum absolute atomic E-state index is 10.8. The highest BCUT2D eigenvalue weighted by atomic mass is 32.2. The molecule has 0 spiro atoms. The minimum Gasteiger partial charge on any atom is -0.466 e. The second-order valence-electron chi connectivity index (χ2n) is 1.72. The Bertz CT molecular complexity index is 141. The molecule has 0 N–H and O–H groups in total. The highest BCUT2D eigenvalue weighted by molar-refractivity contribution is 8.01. The van der Waals surface area contributed by atoms with E-state index in [0.29, 0.717) is 0 Å². The van der Waals surface area contributed by atoms with Crippen molar-refractivity contribution in [1.29, 1.82) is 0 Å². The van der Waals surface area contributed by atoms with E-state index in [9.17, 15) is 4.79 Å². The van der Waals surface area contributed by atoms with Crippen molar-refractivity contribution in [3.8, 4) is 0 Å². The van der Waals surface area contributed by atoms with E-state index in [4.69, 9.17) is 0 Å². The Hall–Kier alpha value is -0.440. The molecule has 0 aliphatic carbocycles. The van der Waals surface area contributed by atoms with E-state index in [-0.39, 0.29) is 5.97 Å². The van der Waals surface area contributed by atoms with Crippen molar-refractivity contribution in [2.45, 2.75) is 13.3 Å². The summed E-state index contributed by atoms with van der Waals surface area (Å²) in [6.45, 7) is 1.93. The minimum atomic E-state index is -0.225. The maximum atomic E-state index is 10.8. The zero-order valence-electron chi connectivity index (χ0n) is 6.51. The van der Waals surface area contributed by atoms with Gasteiger partial charge >= 0.3 is 5.97 Å². The van der Waals surface area contributed by atoms with Crippen molar-refractivity contribution in [2.24, 2.45) is 0 Å². The standard InChI is InChI=1S/C7H12O2S/c1-4-6(5-10-3)7(8)9-2/h5H,4H2,1-3H3. The van der Waals surface area contributed by atoms with Crippen molar-refractivity contribution >= 4 is 17.7 Å². The number of hydrogen-bond donors (Lipinski definition) is 0. The third-order valence-electron chi connectivity index (χ3n) is 1.09. The molecular weight excluding hydrogens is 148 g/mol. The maximum Gasteiger partial charge on any atom is 0.334 e. The van der Waals surface area contributed by atoms with Crippen LogP contribution in [-0.4, -0.2) is 19.3 Å². The zero-order chi connectivity index (χ0) is 7.98. The van der Waals surface area contributed by atoms with Crippen LogP contribution in [0.3, 0.4) is 0 Å². The zero-order valence-corrected chi connectivity index (χ0v) is 7.33. The number of rotatable bonds is 3. The fourth-order valence-corrected chi connectivity index (χ4v) is 1.10. The second-order valence-corrected chi connectivity index (χ2v) is 2.43. The smallest absolute Gasteiger partial charge is 0.334 e. The van der Waals surface area contributed by atoms with Gasteiger partial charge in [-0.25, -0.2) is 4.79 Å². The molecule has 0 fully saturated rings. The highest BCUT2D eigenvalue weighted by Gasteiger charge is 2.04. The van der Waals surface area contributed by atoms with Crippen molar-refractivity contribution in [3.63, 3.8) is 0 Å². The lowest BCUT2D eigenvalue weighted by Crippen LogP contribution is -2.02. The molecule has 0 amide bonds. The summed E-state index contributed by atoms with van der Waals surface area (Å²) in [5, 5.41) is 1.81. The Morgan fingerprint density at radius 3 is 2.60 bits per heavy atom. The SMILES string of the molecule is CCC(=CSC)C(=O)OC. The predicted octanol–water partition coefficient (Wildman–Crippen LogP) is 1.82. The summed E-state index contributed by atoms with van der Waals surface area (Å²) in [6.07, 6.45) is 2.64. The highest BCUT2D eigenvalue weighted by Crippen LogP contribution is 2.08. The van der Waals surface area contributed by atoms with Crippen molar-refractivity contribution in [2.75, 3.05) is 13.4 Å². The molecule has 0 saturated carbocycles. The predicted molar refractivity (Wildman–Crippen MR) is 43.9 cm³/mol. The van der Waals surface area contributed by atoms with Crippen LogP contribution in [0.25, 0.3) is 0 Å². The molecule has 10 heavy (non-hydrogen) atoms. The third-order valence-corrected chi connectivity index (χ3v) is 1.61. The monoisotopic (exact) mass is 160 g/mol. The average Bonchev–Trinajstić information content (AvgIpc) is 1.99. The van der Waals surface area contributed by atoms with Crippen LogP contribution in [0.4, 0.5) is 0 Å². The molecule has 0 saturated heterocycles. The van der Waals surface area contributed by atoms with E-state index < -0.39 is 0 Å². The first-order valence-corrected chi connectivity index (χ1v) is 4.35. The Kier molecular flexibility index (Phi) is 5.12. The number of esters is 1. The molecule has 0 aromatic rings. The second kappa shape index (κ2) is 5.35. The van der Waals surface area contributed by atoms with Gasteiger partial charge in [0.15, 0.2) is 0 Å². The van der Waals surface area contributed by atoms with Crippen LogP contribution in [0.1, 0.15) is 13.3 Å². The van der Waals surface area contributed by atoms with Crippen LogP contribution < -0.4 is 0 Å². The summed E-state index contributed by atoms with van der Waals surface area (Å²) in [4.78, 5) is 10.8. The van der Waals surface area contributed by atoms with Crippen LogP contribution in [0, 0.1) is 0 Å². The molecule has 0 atom stereocenters. The molecule has 3 heteroatoms. The summed E-state index contributed by atoms with van der Waals surface area (Å²) in [6, 6.07) is 0. The van der Waals surface area contributed by atoms with Crippen LogP contribution in [-0.2, 0) is 9.53 Å². The molecule has 0 aliphatic rings. The third kappa shape index (κ3) is 2.92. The van der Waals surface area contributed by atoms with Crippen molar-refractivity contribution in [1.82, 2.24) is 0 Å². The molecule has 2 nitrogen and oxygen atoms in total. The summed E-state index contributed by atoms with van der Waals surface area (Å²) >= 11 is 1.52. The van der Waals surface area contributed by atoms with Gasteiger partial charge in [0.2, 0.25) is 0 Å². The number of carbonyl (C=O) groups is 1. The first kappa shape index (κ1) is 9.56. The van der Waals surface area contributed by atoms with E-state index in [0.717, 1.165) is 12.0 Å². The minimum absolute atomic E-state index is 0.225. The average molecular weight is 160 g/mol. The molecule has 58 valence electrons. The Labute approximate surface area is 65.6 Å². The number of hydrogen-bond acceptors (Lipinski definition) is 3. The molecule has 0 aliphatic heterocycles.